The number of nitrogens with zero attached hydrogens (tertiary/aromatic N) is 6. The summed E-state index contributed by atoms with van der Waals surface area (Å²) < 4.78 is 0. The van der Waals surface area contributed by atoms with E-state index in [-0.39, 0.29) is 23.7 Å². The molecule has 3 N–H and O–H groups in total. The van der Waals surface area contributed by atoms with Crippen molar-refractivity contribution in [3.05, 3.63) is 10.4 Å². The predicted molar refractivity (Wildman–Crippen MR) is 55.3 cm³/mol. The van der Waals surface area contributed by atoms with E-state index in [0.717, 1.165) is 0 Å². The lowest BCUT2D eigenvalue weighted by atomic mass is 10.1. The first-order valence-corrected chi connectivity index (χ1v) is 4.70. The van der Waals surface area contributed by atoms with Gasteiger partial charge in [0, 0.05) is 24.4 Å². The van der Waals surface area contributed by atoms with Crippen LogP contribution >= 0.6 is 0 Å². The lowest BCUT2D eigenvalue weighted by molar-refractivity contribution is -0.117. The molecular formula is C7H10N8O. The summed E-state index contributed by atoms with van der Waals surface area (Å²) in [4.78, 5) is 19.6. The Balaban J connectivity index is 2.07. The van der Waals surface area contributed by atoms with Gasteiger partial charge in [-0.25, -0.2) is 5.10 Å². The Morgan fingerprint density at radius 2 is 2.56 bits per heavy atom. The molecule has 1 amide bonds. The van der Waals surface area contributed by atoms with Crippen LogP contribution in [-0.2, 0) is 4.79 Å². The average Bonchev–Trinajstić information content (AvgIpc) is 2.82. The van der Waals surface area contributed by atoms with Crippen LogP contribution < -0.4 is 10.6 Å². The van der Waals surface area contributed by atoms with Crippen LogP contribution in [0.1, 0.15) is 6.42 Å². The second-order valence-electron chi connectivity index (χ2n) is 3.51. The minimum atomic E-state index is -0.0860. The molecule has 84 valence electrons. The number of nitrogens with two attached hydrogens (primary N) is 1. The molecule has 1 aromatic rings. The predicted octanol–water partition coefficient (Wildman–Crippen LogP) is 0.0501. The minimum absolute atomic E-state index is 0.0168. The molecule has 0 bridgehead atoms. The van der Waals surface area contributed by atoms with Crippen LogP contribution in [-0.4, -0.2) is 34.2 Å². The van der Waals surface area contributed by atoms with Crippen molar-refractivity contribution in [2.45, 2.75) is 6.42 Å². The summed E-state index contributed by atoms with van der Waals surface area (Å²) in [5, 5.41) is 9.72. The summed E-state index contributed by atoms with van der Waals surface area (Å²) in [6.07, 6.45) is 0.341. The fraction of sp³-hybridized carbons (Fsp3) is 0.571. The van der Waals surface area contributed by atoms with Gasteiger partial charge >= 0.3 is 0 Å². The third-order valence-corrected chi connectivity index (χ3v) is 2.34. The Labute approximate surface area is 90.3 Å². The van der Waals surface area contributed by atoms with E-state index < -0.39 is 0 Å². The van der Waals surface area contributed by atoms with Crippen LogP contribution in [0.25, 0.3) is 10.4 Å². The molecule has 0 aliphatic carbocycles. The molecule has 0 spiro atoms. The molecule has 1 fully saturated rings. The molecule has 1 aliphatic rings. The monoisotopic (exact) mass is 222 g/mol. The molecule has 2 rings (SSSR count). The van der Waals surface area contributed by atoms with Gasteiger partial charge < -0.3 is 5.73 Å². The fourth-order valence-electron chi connectivity index (χ4n) is 1.63. The van der Waals surface area contributed by atoms with Crippen LogP contribution in [0.3, 0.4) is 0 Å². The molecule has 1 atom stereocenters. The van der Waals surface area contributed by atoms with E-state index in [9.17, 15) is 4.79 Å². The normalized spacial score (nSPS) is 19.9. The van der Waals surface area contributed by atoms with Crippen LogP contribution in [0, 0.1) is 5.92 Å². The highest BCUT2D eigenvalue weighted by Gasteiger charge is 2.32. The van der Waals surface area contributed by atoms with Gasteiger partial charge in [0.25, 0.3) is 5.95 Å². The Morgan fingerprint density at radius 1 is 1.75 bits per heavy atom. The maximum atomic E-state index is 11.6. The number of hydrogen-bond acceptors (Lipinski definition) is 5. The number of H-pyrrole nitrogens is 1. The standard InChI is InChI=1S/C7H10N8O/c8-6-11-7(13-12-6)15-3-4(1-5(15)16)2-10-14-9/h4H,1-3H2,(H3,8,11,12,13). The second-order valence-corrected chi connectivity index (χ2v) is 3.51. The molecule has 1 saturated heterocycles. The Kier molecular flexibility index (Phi) is 2.61. The Morgan fingerprint density at radius 3 is 3.19 bits per heavy atom. The molecule has 1 unspecified atom stereocenters. The summed E-state index contributed by atoms with van der Waals surface area (Å²) in [5.74, 6) is 0.368. The third kappa shape index (κ3) is 1.89. The van der Waals surface area contributed by atoms with Gasteiger partial charge in [-0.1, -0.05) is 5.11 Å². The highest BCUT2D eigenvalue weighted by Crippen LogP contribution is 2.22. The largest absolute Gasteiger partial charge is 0.368 e. The van der Waals surface area contributed by atoms with Gasteiger partial charge in [-0.05, 0) is 11.4 Å². The van der Waals surface area contributed by atoms with Gasteiger partial charge in [0.05, 0.1) is 0 Å². The van der Waals surface area contributed by atoms with Crippen LogP contribution in [0.2, 0.25) is 0 Å². The van der Waals surface area contributed by atoms with Gasteiger partial charge in [0.1, 0.15) is 0 Å². The van der Waals surface area contributed by atoms with E-state index in [1.165, 1.54) is 4.90 Å². The number of amides is 1. The van der Waals surface area contributed by atoms with Gasteiger partial charge in [0.15, 0.2) is 0 Å². The van der Waals surface area contributed by atoms with Crippen molar-refractivity contribution in [2.75, 3.05) is 23.7 Å². The highest BCUT2D eigenvalue weighted by molar-refractivity contribution is 5.94. The zero-order valence-corrected chi connectivity index (χ0v) is 8.37. The molecule has 0 radical (unpaired) electrons. The lowest BCUT2D eigenvalue weighted by Gasteiger charge is -2.10. The zero-order valence-electron chi connectivity index (χ0n) is 8.37. The second kappa shape index (κ2) is 4.07. The first kappa shape index (κ1) is 10.2. The van der Waals surface area contributed by atoms with Crippen molar-refractivity contribution in [2.24, 2.45) is 11.0 Å². The molecule has 1 aromatic heterocycles. The number of aromatic nitrogens is 3. The van der Waals surface area contributed by atoms with Gasteiger partial charge in [-0.3, -0.25) is 9.69 Å². The average molecular weight is 222 g/mol. The molecule has 1 aliphatic heterocycles. The van der Waals surface area contributed by atoms with E-state index in [2.05, 4.69) is 25.2 Å². The van der Waals surface area contributed by atoms with Crippen LogP contribution in [0.4, 0.5) is 11.9 Å². The summed E-state index contributed by atoms with van der Waals surface area (Å²) in [6.45, 7) is 0.758. The number of carbonyl (C=O) groups is 1. The summed E-state index contributed by atoms with van der Waals surface area (Å²) in [7, 11) is 0. The van der Waals surface area contributed by atoms with E-state index in [1.54, 1.807) is 0 Å². The van der Waals surface area contributed by atoms with Crippen molar-refractivity contribution in [1.29, 1.82) is 0 Å². The van der Waals surface area contributed by atoms with Crippen molar-refractivity contribution in [3.8, 4) is 0 Å². The van der Waals surface area contributed by atoms with Gasteiger partial charge in [-0.2, -0.15) is 4.98 Å². The first-order chi connectivity index (χ1) is 7.70. The Bertz CT molecular complexity index is 447. The highest BCUT2D eigenvalue weighted by atomic mass is 16.2. The summed E-state index contributed by atoms with van der Waals surface area (Å²) in [5.41, 5.74) is 13.6. The maximum Gasteiger partial charge on any atom is 0.252 e. The molecule has 2 heterocycles. The van der Waals surface area contributed by atoms with Crippen LogP contribution in [0.15, 0.2) is 5.11 Å². The van der Waals surface area contributed by atoms with Crippen LogP contribution in [0.5, 0.6) is 0 Å². The number of aromatic amines is 1. The van der Waals surface area contributed by atoms with E-state index in [4.69, 9.17) is 11.3 Å². The molecular weight excluding hydrogens is 212 g/mol. The Hall–Kier alpha value is -2.28. The number of carbonyl (C=O) groups excluding carboxylic acids is 1. The number of anilines is 2. The van der Waals surface area contributed by atoms with Gasteiger partial charge in [-0.15, -0.1) is 5.10 Å². The summed E-state index contributed by atoms with van der Waals surface area (Å²) >= 11 is 0. The number of nitrogen functional groups attached to an aromatic ring is 1. The number of hydrogen-bond donors (Lipinski definition) is 2. The number of rotatable bonds is 3. The molecule has 0 aromatic carbocycles. The third-order valence-electron chi connectivity index (χ3n) is 2.34. The van der Waals surface area contributed by atoms with E-state index >= 15 is 0 Å². The van der Waals surface area contributed by atoms with Crippen molar-refractivity contribution in [1.82, 2.24) is 15.2 Å². The number of nitrogens with one attached hydrogen (secondary N) is 1. The topological polar surface area (TPSA) is 137 Å². The summed E-state index contributed by atoms with van der Waals surface area (Å²) in [6, 6.07) is 0. The molecule has 9 nitrogen and oxygen atoms in total. The quantitative estimate of drug-likeness (QED) is 0.424. The van der Waals surface area contributed by atoms with Crippen molar-refractivity contribution < 1.29 is 4.79 Å². The van der Waals surface area contributed by atoms with Crippen molar-refractivity contribution >= 4 is 17.8 Å². The molecule has 9 heteroatoms. The first-order valence-electron chi connectivity index (χ1n) is 4.70. The fourth-order valence-corrected chi connectivity index (χ4v) is 1.63. The minimum Gasteiger partial charge on any atom is -0.368 e. The maximum absolute atomic E-state index is 11.6. The van der Waals surface area contributed by atoms with Gasteiger partial charge in [0.2, 0.25) is 11.9 Å². The van der Waals surface area contributed by atoms with E-state index in [1.807, 2.05) is 0 Å². The zero-order chi connectivity index (χ0) is 11.5. The lowest BCUT2D eigenvalue weighted by Crippen LogP contribution is -2.26. The van der Waals surface area contributed by atoms with E-state index in [0.29, 0.717) is 19.5 Å². The smallest absolute Gasteiger partial charge is 0.252 e. The molecule has 0 saturated carbocycles. The number of azide groups is 1. The molecule has 16 heavy (non-hydrogen) atoms. The SMILES string of the molecule is [N-]=[N+]=NCC1CC(=O)N(c2n[nH]c(N)n2)C1. The van der Waals surface area contributed by atoms with Crippen molar-refractivity contribution in [3.63, 3.8) is 0 Å².